The number of nitrogens with two attached hydrogens (primary N) is 1. The van der Waals surface area contributed by atoms with Crippen LogP contribution in [-0.4, -0.2) is 39.3 Å². The molecule has 0 saturated carbocycles. The average Bonchev–Trinajstić information content (AvgIpc) is 2.98. The molecule has 0 bridgehead atoms. The van der Waals surface area contributed by atoms with E-state index in [4.69, 9.17) is 10.8 Å². The van der Waals surface area contributed by atoms with Crippen molar-refractivity contribution in [2.45, 2.75) is 32.2 Å². The first-order chi connectivity index (χ1) is 13.2. The minimum Gasteiger partial charge on any atom is -0.480 e. The van der Waals surface area contributed by atoms with E-state index in [-0.39, 0.29) is 25.0 Å². The number of rotatable bonds is 9. The van der Waals surface area contributed by atoms with Gasteiger partial charge in [-0.1, -0.05) is 29.8 Å². The van der Waals surface area contributed by atoms with Gasteiger partial charge in [-0.25, -0.2) is 4.79 Å². The maximum absolute atomic E-state index is 12.7. The number of benzene rings is 1. The van der Waals surface area contributed by atoms with E-state index in [1.54, 1.807) is 35.9 Å². The second-order valence-corrected chi connectivity index (χ2v) is 6.60. The molecule has 0 spiro atoms. The lowest BCUT2D eigenvalue weighted by Gasteiger charge is -2.14. The van der Waals surface area contributed by atoms with Crippen molar-refractivity contribution in [2.24, 2.45) is 12.8 Å². The Hall–Kier alpha value is -3.42. The highest BCUT2D eigenvalue weighted by Gasteiger charge is 2.22. The number of aliphatic carboxylic acids is 1. The van der Waals surface area contributed by atoms with Crippen LogP contribution in [-0.2, 0) is 27.9 Å². The molecule has 1 atom stereocenters. The summed E-state index contributed by atoms with van der Waals surface area (Å²) in [7, 11) is 1.67. The molecule has 8 heteroatoms. The molecule has 148 valence electrons. The number of hydrogen-bond donors (Lipinski definition) is 3. The lowest BCUT2D eigenvalue weighted by molar-refractivity contribution is -0.142. The van der Waals surface area contributed by atoms with Gasteiger partial charge in [0.15, 0.2) is 0 Å². The molecule has 2 rings (SSSR count). The fourth-order valence-electron chi connectivity index (χ4n) is 2.77. The summed E-state index contributed by atoms with van der Waals surface area (Å²) >= 11 is 0. The van der Waals surface area contributed by atoms with Gasteiger partial charge in [0.25, 0.3) is 0 Å². The number of primary amides is 1. The van der Waals surface area contributed by atoms with Crippen LogP contribution in [0.2, 0.25) is 0 Å². The lowest BCUT2D eigenvalue weighted by atomic mass is 10.1. The van der Waals surface area contributed by atoms with Crippen LogP contribution in [0.25, 0.3) is 0 Å². The number of ketones is 1. The maximum Gasteiger partial charge on any atom is 0.326 e. The van der Waals surface area contributed by atoms with Gasteiger partial charge in [0, 0.05) is 24.7 Å². The van der Waals surface area contributed by atoms with E-state index in [0.717, 1.165) is 5.56 Å². The van der Waals surface area contributed by atoms with Gasteiger partial charge in [-0.15, -0.1) is 0 Å². The Morgan fingerprint density at radius 3 is 2.32 bits per heavy atom. The smallest absolute Gasteiger partial charge is 0.326 e. The molecule has 4 N–H and O–H groups in total. The summed E-state index contributed by atoms with van der Waals surface area (Å²) in [6.07, 6.45) is -0.324. The molecular weight excluding hydrogens is 362 g/mol. The Morgan fingerprint density at radius 2 is 1.75 bits per heavy atom. The molecule has 0 fully saturated rings. The van der Waals surface area contributed by atoms with Crippen molar-refractivity contribution < 1.29 is 24.3 Å². The molecule has 0 radical (unpaired) electrons. The van der Waals surface area contributed by atoms with E-state index < -0.39 is 23.8 Å². The van der Waals surface area contributed by atoms with Crippen LogP contribution in [0, 0.1) is 6.92 Å². The highest BCUT2D eigenvalue weighted by Crippen LogP contribution is 2.14. The first-order valence-electron chi connectivity index (χ1n) is 8.75. The van der Waals surface area contributed by atoms with E-state index in [0.29, 0.717) is 17.0 Å². The second-order valence-electron chi connectivity index (χ2n) is 6.60. The Balaban J connectivity index is 2.07. The third kappa shape index (κ3) is 5.29. The maximum atomic E-state index is 12.7. The number of hydrogen-bond acceptors (Lipinski definition) is 4. The SMILES string of the molecule is Cc1ccc(C(=O)c2ccc(CC(=O)NC(CCC(N)=O)C(=O)O)n2C)cc1. The first kappa shape index (κ1) is 20.9. The molecule has 1 aromatic carbocycles. The number of nitrogens with zero attached hydrogens (tertiary/aromatic N) is 1. The molecular formula is C20H23N3O5. The van der Waals surface area contributed by atoms with Crippen molar-refractivity contribution in [1.82, 2.24) is 9.88 Å². The Labute approximate surface area is 162 Å². The molecule has 0 saturated heterocycles. The van der Waals surface area contributed by atoms with Gasteiger partial charge in [0.05, 0.1) is 12.1 Å². The predicted octanol–water partition coefficient (Wildman–Crippen LogP) is 0.942. The van der Waals surface area contributed by atoms with Crippen LogP contribution in [0.4, 0.5) is 0 Å². The van der Waals surface area contributed by atoms with E-state index in [1.807, 2.05) is 19.1 Å². The largest absolute Gasteiger partial charge is 0.480 e. The summed E-state index contributed by atoms with van der Waals surface area (Å²) in [4.78, 5) is 46.9. The molecule has 0 aliphatic heterocycles. The van der Waals surface area contributed by atoms with E-state index in [9.17, 15) is 19.2 Å². The van der Waals surface area contributed by atoms with Gasteiger partial charge >= 0.3 is 5.97 Å². The van der Waals surface area contributed by atoms with Crippen LogP contribution in [0.1, 0.15) is 40.2 Å². The Kier molecular flexibility index (Phi) is 6.70. The van der Waals surface area contributed by atoms with Gasteiger partial charge in [-0.05, 0) is 25.5 Å². The Morgan fingerprint density at radius 1 is 1.11 bits per heavy atom. The molecule has 2 amide bonds. The van der Waals surface area contributed by atoms with Crippen molar-refractivity contribution >= 4 is 23.6 Å². The molecule has 2 aromatic rings. The highest BCUT2D eigenvalue weighted by atomic mass is 16.4. The van der Waals surface area contributed by atoms with Crippen molar-refractivity contribution in [3.63, 3.8) is 0 Å². The summed E-state index contributed by atoms with van der Waals surface area (Å²) in [5.74, 6) is -2.56. The highest BCUT2D eigenvalue weighted by molar-refractivity contribution is 6.08. The zero-order chi connectivity index (χ0) is 20.8. The number of aromatic nitrogens is 1. The van der Waals surface area contributed by atoms with Crippen LogP contribution in [0.3, 0.4) is 0 Å². The van der Waals surface area contributed by atoms with Crippen molar-refractivity contribution in [2.75, 3.05) is 0 Å². The molecule has 8 nitrogen and oxygen atoms in total. The van der Waals surface area contributed by atoms with E-state index in [2.05, 4.69) is 5.32 Å². The van der Waals surface area contributed by atoms with Crippen molar-refractivity contribution in [3.8, 4) is 0 Å². The third-order valence-electron chi connectivity index (χ3n) is 4.43. The quantitative estimate of drug-likeness (QED) is 0.553. The number of nitrogens with one attached hydrogen (secondary N) is 1. The lowest BCUT2D eigenvalue weighted by Crippen LogP contribution is -2.42. The molecule has 28 heavy (non-hydrogen) atoms. The zero-order valence-corrected chi connectivity index (χ0v) is 15.8. The number of carbonyl (C=O) groups is 4. The molecule has 0 aliphatic rings. The van der Waals surface area contributed by atoms with E-state index in [1.165, 1.54) is 0 Å². The van der Waals surface area contributed by atoms with Crippen molar-refractivity contribution in [3.05, 3.63) is 58.9 Å². The first-order valence-corrected chi connectivity index (χ1v) is 8.75. The zero-order valence-electron chi connectivity index (χ0n) is 15.8. The molecule has 1 aromatic heterocycles. The topological polar surface area (TPSA) is 131 Å². The van der Waals surface area contributed by atoms with E-state index >= 15 is 0 Å². The summed E-state index contributed by atoms with van der Waals surface area (Å²) in [5, 5.41) is 11.5. The fourth-order valence-corrected chi connectivity index (χ4v) is 2.77. The summed E-state index contributed by atoms with van der Waals surface area (Å²) < 4.78 is 1.61. The van der Waals surface area contributed by atoms with Gasteiger partial charge in [0.2, 0.25) is 17.6 Å². The predicted molar refractivity (Wildman–Crippen MR) is 102 cm³/mol. The number of carboxylic acids is 1. The molecule has 1 heterocycles. The van der Waals surface area contributed by atoms with Crippen LogP contribution in [0.15, 0.2) is 36.4 Å². The second kappa shape index (κ2) is 8.98. The van der Waals surface area contributed by atoms with Gasteiger partial charge in [-0.2, -0.15) is 0 Å². The summed E-state index contributed by atoms with van der Waals surface area (Å²) in [6.45, 7) is 1.93. The Bertz CT molecular complexity index is 899. The standard InChI is InChI=1S/C20H23N3O5/c1-12-3-5-13(6-4-12)19(26)16-9-7-14(23(16)2)11-18(25)22-15(20(27)28)8-10-17(21)24/h3-7,9,15H,8,10-11H2,1-2H3,(H2,21,24)(H,22,25)(H,27,28). The van der Waals surface area contributed by atoms with Gasteiger partial charge < -0.3 is 20.7 Å². The average molecular weight is 385 g/mol. The van der Waals surface area contributed by atoms with Crippen LogP contribution in [0.5, 0.6) is 0 Å². The van der Waals surface area contributed by atoms with Gasteiger partial charge in [-0.3, -0.25) is 14.4 Å². The summed E-state index contributed by atoms with van der Waals surface area (Å²) in [6, 6.07) is 9.27. The number of amides is 2. The minimum absolute atomic E-state index is 0.0826. The third-order valence-corrected chi connectivity index (χ3v) is 4.43. The molecule has 0 aliphatic carbocycles. The number of carboxylic acid groups (broad SMARTS) is 1. The number of carbonyl (C=O) groups excluding carboxylic acids is 3. The number of aryl methyl sites for hydroxylation is 1. The monoisotopic (exact) mass is 385 g/mol. The van der Waals surface area contributed by atoms with Crippen molar-refractivity contribution in [1.29, 1.82) is 0 Å². The van der Waals surface area contributed by atoms with Gasteiger partial charge in [0.1, 0.15) is 6.04 Å². The van der Waals surface area contributed by atoms with Crippen LogP contribution >= 0.6 is 0 Å². The minimum atomic E-state index is -1.24. The summed E-state index contributed by atoms with van der Waals surface area (Å²) in [5.41, 5.74) is 7.60. The van der Waals surface area contributed by atoms with Crippen LogP contribution < -0.4 is 11.1 Å². The normalized spacial score (nSPS) is 11.6. The fraction of sp³-hybridized carbons (Fsp3) is 0.300. The molecule has 1 unspecified atom stereocenters.